The van der Waals surface area contributed by atoms with Crippen LogP contribution < -0.4 is 9.47 Å². The summed E-state index contributed by atoms with van der Waals surface area (Å²) in [7, 11) is 0. The molecule has 1 N–H and O–H groups in total. The van der Waals surface area contributed by atoms with Crippen molar-refractivity contribution in [2.24, 2.45) is 0 Å². The Morgan fingerprint density at radius 1 is 1.14 bits per heavy atom. The highest BCUT2D eigenvalue weighted by Crippen LogP contribution is 2.45. The molecule has 0 aliphatic carbocycles. The van der Waals surface area contributed by atoms with Gasteiger partial charge in [0.25, 0.3) is 0 Å². The highest BCUT2D eigenvalue weighted by atomic mass is 35.5. The summed E-state index contributed by atoms with van der Waals surface area (Å²) in [6.45, 7) is 5.38. The third-order valence-electron chi connectivity index (χ3n) is 9.02. The van der Waals surface area contributed by atoms with Gasteiger partial charge in [0.2, 0.25) is 0 Å². The van der Waals surface area contributed by atoms with Crippen LogP contribution >= 0.6 is 11.6 Å². The molecule has 4 aromatic rings. The number of para-hydroxylation sites is 1. The minimum atomic E-state index is -0.950. The van der Waals surface area contributed by atoms with Crippen LogP contribution in [0.2, 0.25) is 5.02 Å². The summed E-state index contributed by atoms with van der Waals surface area (Å²) in [5.74, 6) is 1.19. The first-order valence-corrected chi connectivity index (χ1v) is 15.2. The van der Waals surface area contributed by atoms with Gasteiger partial charge in [-0.25, -0.2) is 14.2 Å². The van der Waals surface area contributed by atoms with Crippen molar-refractivity contribution in [2.45, 2.75) is 63.4 Å². The molecule has 4 atom stereocenters. The fourth-order valence-corrected chi connectivity index (χ4v) is 6.69. The van der Waals surface area contributed by atoms with Gasteiger partial charge in [-0.05, 0) is 75.0 Å². The van der Waals surface area contributed by atoms with Gasteiger partial charge in [-0.2, -0.15) is 0 Å². The Bertz CT molecular complexity index is 1690. The van der Waals surface area contributed by atoms with Crippen molar-refractivity contribution in [2.75, 3.05) is 19.8 Å². The lowest BCUT2D eigenvalue weighted by molar-refractivity contribution is -0.0592. The number of aromatic nitrogens is 2. The molecule has 0 spiro atoms. The Morgan fingerprint density at radius 3 is 2.74 bits per heavy atom. The van der Waals surface area contributed by atoms with Crippen molar-refractivity contribution < 1.29 is 28.5 Å². The standard InChI is InChI=1S/C33H33ClFN3O5/c1-19-13-20(24-3-2-4-29-32(24)43-30(18-42-29)25-7-6-22(34)15-26(25)35)9-11-37(19)17-31-36-27-8-5-21(33(39)40)14-28(27)38(31)16-23-10-12-41-23/h2-8,14-15,19-20,23,30H,9-13,16-18H2,1H3,(H,39,40)/t19?,20?,23-,30-/m0/s1. The second-order valence-electron chi connectivity index (χ2n) is 11.7. The molecule has 1 aromatic heterocycles. The second kappa shape index (κ2) is 11.4. The summed E-state index contributed by atoms with van der Waals surface area (Å²) in [4.78, 5) is 19.0. The largest absolute Gasteiger partial charge is 0.485 e. The first-order valence-electron chi connectivity index (χ1n) is 14.8. The molecule has 2 saturated heterocycles. The first kappa shape index (κ1) is 28.1. The molecule has 0 amide bonds. The molecule has 3 aromatic carbocycles. The number of aromatic carboxylic acids is 1. The third-order valence-corrected chi connectivity index (χ3v) is 9.26. The molecule has 0 radical (unpaired) electrons. The van der Waals surface area contributed by atoms with E-state index >= 15 is 0 Å². The number of nitrogens with zero attached hydrogens (tertiary/aromatic N) is 3. The maximum Gasteiger partial charge on any atom is 0.335 e. The molecule has 224 valence electrons. The molecule has 2 fully saturated rings. The van der Waals surface area contributed by atoms with E-state index in [1.165, 1.54) is 6.07 Å². The van der Waals surface area contributed by atoms with E-state index in [1.54, 1.807) is 30.3 Å². The second-order valence-corrected chi connectivity index (χ2v) is 12.2. The van der Waals surface area contributed by atoms with Gasteiger partial charge in [0.1, 0.15) is 18.2 Å². The number of likely N-dealkylation sites (tertiary alicyclic amines) is 1. The molecule has 4 heterocycles. The highest BCUT2D eigenvalue weighted by molar-refractivity contribution is 6.30. The summed E-state index contributed by atoms with van der Waals surface area (Å²) < 4.78 is 35.1. The Kier molecular flexibility index (Phi) is 7.49. The number of hydrogen-bond donors (Lipinski definition) is 1. The number of rotatable bonds is 7. The summed E-state index contributed by atoms with van der Waals surface area (Å²) in [5, 5.41) is 9.91. The Morgan fingerprint density at radius 2 is 2.00 bits per heavy atom. The molecular weight excluding hydrogens is 573 g/mol. The normalized spacial score (nSPS) is 23.7. The van der Waals surface area contributed by atoms with E-state index in [1.807, 2.05) is 12.1 Å². The van der Waals surface area contributed by atoms with Gasteiger partial charge in [0.15, 0.2) is 17.6 Å². The SMILES string of the molecule is CC1CC(c2cccc3c2O[C@H](c2ccc(Cl)cc2F)CO3)CCN1Cc1nc2ccc(C(=O)O)cc2n1C[C@@H]1CCO1. The van der Waals surface area contributed by atoms with Crippen LogP contribution in [-0.2, 0) is 17.8 Å². The van der Waals surface area contributed by atoms with Gasteiger partial charge in [0, 0.05) is 28.8 Å². The van der Waals surface area contributed by atoms with Gasteiger partial charge in [0.05, 0.1) is 35.8 Å². The van der Waals surface area contributed by atoms with E-state index in [2.05, 4.69) is 22.5 Å². The van der Waals surface area contributed by atoms with Crippen molar-refractivity contribution in [1.29, 1.82) is 0 Å². The van der Waals surface area contributed by atoms with Gasteiger partial charge in [-0.1, -0.05) is 29.8 Å². The fraction of sp³-hybridized carbons (Fsp3) is 0.394. The van der Waals surface area contributed by atoms with E-state index < -0.39 is 17.9 Å². The fourth-order valence-electron chi connectivity index (χ4n) is 6.53. The molecule has 0 saturated carbocycles. The Hall–Kier alpha value is -3.66. The number of carboxylic acids is 1. The van der Waals surface area contributed by atoms with Crippen LogP contribution in [0.5, 0.6) is 11.5 Å². The maximum atomic E-state index is 14.7. The monoisotopic (exact) mass is 605 g/mol. The summed E-state index contributed by atoms with van der Waals surface area (Å²) in [5.41, 5.74) is 3.38. The zero-order valence-corrected chi connectivity index (χ0v) is 24.6. The van der Waals surface area contributed by atoms with Crippen LogP contribution in [0, 0.1) is 5.82 Å². The molecule has 10 heteroatoms. The number of carbonyl (C=O) groups is 1. The summed E-state index contributed by atoms with van der Waals surface area (Å²) in [6.07, 6.45) is 2.37. The lowest BCUT2D eigenvalue weighted by Gasteiger charge is -2.39. The van der Waals surface area contributed by atoms with Crippen molar-refractivity contribution >= 4 is 28.6 Å². The number of halogens is 2. The Labute approximate surface area is 253 Å². The molecule has 8 nitrogen and oxygen atoms in total. The van der Waals surface area contributed by atoms with E-state index in [0.717, 1.165) is 54.8 Å². The molecular formula is C33H33ClFN3O5. The van der Waals surface area contributed by atoms with E-state index in [-0.39, 0.29) is 30.2 Å². The van der Waals surface area contributed by atoms with Crippen molar-refractivity contribution in [3.63, 3.8) is 0 Å². The predicted octanol–water partition coefficient (Wildman–Crippen LogP) is 6.60. The van der Waals surface area contributed by atoms with Crippen LogP contribution in [-0.4, -0.2) is 57.4 Å². The average molecular weight is 606 g/mol. The molecule has 3 aliphatic rings. The van der Waals surface area contributed by atoms with Crippen LogP contribution in [0.3, 0.4) is 0 Å². The van der Waals surface area contributed by atoms with Crippen molar-refractivity contribution in [3.8, 4) is 11.5 Å². The van der Waals surface area contributed by atoms with Gasteiger partial charge in [-0.3, -0.25) is 4.90 Å². The van der Waals surface area contributed by atoms with Crippen LogP contribution in [0.25, 0.3) is 11.0 Å². The van der Waals surface area contributed by atoms with Gasteiger partial charge >= 0.3 is 5.97 Å². The van der Waals surface area contributed by atoms with E-state index in [0.29, 0.717) is 35.2 Å². The van der Waals surface area contributed by atoms with E-state index in [9.17, 15) is 14.3 Å². The first-order chi connectivity index (χ1) is 20.8. The number of imidazole rings is 1. The number of fused-ring (bicyclic) bond motifs is 2. The smallest absolute Gasteiger partial charge is 0.335 e. The average Bonchev–Trinajstić information content (AvgIpc) is 3.31. The zero-order valence-electron chi connectivity index (χ0n) is 23.8. The van der Waals surface area contributed by atoms with Crippen molar-refractivity contribution in [3.05, 3.63) is 88.0 Å². The van der Waals surface area contributed by atoms with Crippen LogP contribution in [0.1, 0.15) is 65.5 Å². The summed E-state index contributed by atoms with van der Waals surface area (Å²) >= 11 is 5.97. The Balaban J connectivity index is 1.10. The van der Waals surface area contributed by atoms with Crippen LogP contribution in [0.15, 0.2) is 54.6 Å². The molecule has 0 bridgehead atoms. The number of hydrogen-bond acceptors (Lipinski definition) is 6. The zero-order chi connectivity index (χ0) is 29.7. The minimum Gasteiger partial charge on any atom is -0.485 e. The molecule has 3 aliphatic heterocycles. The van der Waals surface area contributed by atoms with Gasteiger partial charge in [-0.15, -0.1) is 0 Å². The lowest BCUT2D eigenvalue weighted by atomic mass is 9.85. The molecule has 2 unspecified atom stereocenters. The maximum absolute atomic E-state index is 14.7. The quantitative estimate of drug-likeness (QED) is 0.254. The highest BCUT2D eigenvalue weighted by Gasteiger charge is 2.34. The summed E-state index contributed by atoms with van der Waals surface area (Å²) in [6, 6.07) is 16.0. The molecule has 43 heavy (non-hydrogen) atoms. The van der Waals surface area contributed by atoms with E-state index in [4.69, 9.17) is 30.8 Å². The number of carboxylic acid groups (broad SMARTS) is 1. The van der Waals surface area contributed by atoms with Crippen molar-refractivity contribution in [1.82, 2.24) is 14.5 Å². The number of piperidine rings is 1. The van der Waals surface area contributed by atoms with Crippen LogP contribution in [0.4, 0.5) is 4.39 Å². The van der Waals surface area contributed by atoms with Gasteiger partial charge < -0.3 is 23.9 Å². The number of ether oxygens (including phenoxy) is 3. The topological polar surface area (TPSA) is 86.0 Å². The third kappa shape index (κ3) is 5.46. The predicted molar refractivity (Wildman–Crippen MR) is 160 cm³/mol. The minimum absolute atomic E-state index is 0.115. The lowest BCUT2D eigenvalue weighted by Crippen LogP contribution is -2.40. The molecule has 7 rings (SSSR count). The number of benzene rings is 3.